The van der Waals surface area contributed by atoms with Gasteiger partial charge in [-0.3, -0.25) is 0 Å². The van der Waals surface area contributed by atoms with E-state index in [1.165, 1.54) is 0 Å². The third kappa shape index (κ3) is 4.30. The lowest BCUT2D eigenvalue weighted by molar-refractivity contribution is 0.170. The molecule has 0 aliphatic carbocycles. The molecule has 118 valence electrons. The van der Waals surface area contributed by atoms with E-state index in [9.17, 15) is 0 Å². The quantitative estimate of drug-likeness (QED) is 0.321. The van der Waals surface area contributed by atoms with E-state index in [1.807, 2.05) is 24.8 Å². The fourth-order valence-corrected chi connectivity index (χ4v) is 2.18. The first-order chi connectivity index (χ1) is 10.1. The minimum absolute atomic E-state index is 0.0441. The predicted octanol–water partition coefficient (Wildman–Crippen LogP) is 0.972. The van der Waals surface area contributed by atoms with Crippen LogP contribution in [-0.2, 0) is 9.47 Å². The molecule has 0 amide bonds. The van der Waals surface area contributed by atoms with Crippen LogP contribution in [0.5, 0.6) is 0 Å². The van der Waals surface area contributed by atoms with Gasteiger partial charge in [-0.1, -0.05) is 5.16 Å². The molecule has 0 bridgehead atoms. The first-order valence-corrected chi connectivity index (χ1v) is 6.74. The fraction of sp³-hybridized carbons (Fsp3) is 0.571. The van der Waals surface area contributed by atoms with Crippen molar-refractivity contribution in [3.8, 4) is 0 Å². The van der Waals surface area contributed by atoms with Crippen LogP contribution in [0.25, 0.3) is 0 Å². The van der Waals surface area contributed by atoms with Crippen LogP contribution in [0.3, 0.4) is 0 Å². The Morgan fingerprint density at radius 1 is 1.48 bits per heavy atom. The van der Waals surface area contributed by atoms with Gasteiger partial charge in [-0.05, 0) is 25.5 Å². The highest BCUT2D eigenvalue weighted by Crippen LogP contribution is 2.22. The Bertz CT molecular complexity index is 479. The van der Waals surface area contributed by atoms with Gasteiger partial charge in [-0.2, -0.15) is 0 Å². The van der Waals surface area contributed by atoms with Gasteiger partial charge in [-0.15, -0.1) is 0 Å². The van der Waals surface area contributed by atoms with Crippen molar-refractivity contribution in [3.63, 3.8) is 0 Å². The highest BCUT2D eigenvalue weighted by Gasteiger charge is 2.22. The van der Waals surface area contributed by atoms with E-state index in [-0.39, 0.29) is 11.9 Å². The number of rotatable bonds is 8. The van der Waals surface area contributed by atoms with Crippen molar-refractivity contribution in [1.82, 2.24) is 4.98 Å². The standard InChI is InChI=1S/C14H24N4O3/c1-10-5-6-16-14(12(10)13(15)17-19)18(7-8-20-3)11(2)9-21-4/h5-6,11,19H,7-9H2,1-4H3,(H2,15,17). The number of aryl methyl sites for hydroxylation is 1. The van der Waals surface area contributed by atoms with Crippen LogP contribution in [0.15, 0.2) is 17.4 Å². The highest BCUT2D eigenvalue weighted by atomic mass is 16.5. The highest BCUT2D eigenvalue weighted by molar-refractivity contribution is 6.02. The summed E-state index contributed by atoms with van der Waals surface area (Å²) < 4.78 is 10.4. The number of aromatic nitrogens is 1. The van der Waals surface area contributed by atoms with Crippen LogP contribution in [-0.4, -0.2) is 56.0 Å². The van der Waals surface area contributed by atoms with Gasteiger partial charge in [0.1, 0.15) is 5.82 Å². The average Bonchev–Trinajstić information content (AvgIpc) is 2.47. The summed E-state index contributed by atoms with van der Waals surface area (Å²) >= 11 is 0. The second kappa shape index (κ2) is 8.43. The van der Waals surface area contributed by atoms with E-state index in [0.29, 0.717) is 31.1 Å². The number of pyridine rings is 1. The second-order valence-corrected chi connectivity index (χ2v) is 4.80. The maximum Gasteiger partial charge on any atom is 0.174 e. The third-order valence-corrected chi connectivity index (χ3v) is 3.25. The maximum absolute atomic E-state index is 9.00. The SMILES string of the molecule is COCCN(c1nccc(C)c1/C(N)=N/O)C(C)COC. The zero-order valence-electron chi connectivity index (χ0n) is 13.0. The second-order valence-electron chi connectivity index (χ2n) is 4.80. The van der Waals surface area contributed by atoms with Crippen molar-refractivity contribution in [3.05, 3.63) is 23.4 Å². The molecule has 1 atom stereocenters. The summed E-state index contributed by atoms with van der Waals surface area (Å²) in [6.45, 7) is 5.63. The monoisotopic (exact) mass is 296 g/mol. The van der Waals surface area contributed by atoms with E-state index in [0.717, 1.165) is 5.56 Å². The smallest absolute Gasteiger partial charge is 0.174 e. The Labute approximate surface area is 125 Å². The molecular formula is C14H24N4O3. The molecule has 0 aliphatic heterocycles. The van der Waals surface area contributed by atoms with Crippen LogP contribution in [0.1, 0.15) is 18.1 Å². The molecule has 21 heavy (non-hydrogen) atoms. The summed E-state index contributed by atoms with van der Waals surface area (Å²) in [5.41, 5.74) is 7.32. The molecule has 0 aromatic carbocycles. The molecule has 0 saturated heterocycles. The van der Waals surface area contributed by atoms with Crippen LogP contribution < -0.4 is 10.6 Å². The minimum Gasteiger partial charge on any atom is -0.409 e. The van der Waals surface area contributed by atoms with Gasteiger partial charge >= 0.3 is 0 Å². The van der Waals surface area contributed by atoms with Crippen LogP contribution in [0, 0.1) is 6.92 Å². The number of nitrogens with zero attached hydrogens (tertiary/aromatic N) is 3. The molecular weight excluding hydrogens is 272 g/mol. The number of ether oxygens (including phenoxy) is 2. The summed E-state index contributed by atoms with van der Waals surface area (Å²) in [5, 5.41) is 12.1. The van der Waals surface area contributed by atoms with E-state index in [1.54, 1.807) is 20.4 Å². The summed E-state index contributed by atoms with van der Waals surface area (Å²) in [6, 6.07) is 1.90. The zero-order chi connectivity index (χ0) is 15.8. The van der Waals surface area contributed by atoms with Gasteiger partial charge in [0, 0.05) is 27.0 Å². The lowest BCUT2D eigenvalue weighted by Gasteiger charge is -2.31. The Hall–Kier alpha value is -1.86. The molecule has 0 aliphatic rings. The fourth-order valence-electron chi connectivity index (χ4n) is 2.18. The first-order valence-electron chi connectivity index (χ1n) is 6.74. The Kier molecular flexibility index (Phi) is 6.90. The number of anilines is 1. The molecule has 7 heteroatoms. The van der Waals surface area contributed by atoms with Crippen molar-refractivity contribution in [2.24, 2.45) is 10.9 Å². The molecule has 1 rings (SSSR count). The third-order valence-electron chi connectivity index (χ3n) is 3.25. The average molecular weight is 296 g/mol. The van der Waals surface area contributed by atoms with E-state index < -0.39 is 0 Å². The van der Waals surface area contributed by atoms with E-state index in [4.69, 9.17) is 20.4 Å². The zero-order valence-corrected chi connectivity index (χ0v) is 13.0. The first kappa shape index (κ1) is 17.2. The summed E-state index contributed by atoms with van der Waals surface area (Å²) in [7, 11) is 3.30. The number of hydrogen-bond donors (Lipinski definition) is 2. The summed E-state index contributed by atoms with van der Waals surface area (Å²) in [4.78, 5) is 6.44. The topological polar surface area (TPSA) is 93.2 Å². The van der Waals surface area contributed by atoms with Crippen molar-refractivity contribution in [2.75, 3.05) is 38.9 Å². The Morgan fingerprint density at radius 3 is 2.76 bits per heavy atom. The molecule has 0 fully saturated rings. The van der Waals surface area contributed by atoms with Gasteiger partial charge in [0.15, 0.2) is 5.84 Å². The Balaban J connectivity index is 3.26. The van der Waals surface area contributed by atoms with Crippen LogP contribution >= 0.6 is 0 Å². The van der Waals surface area contributed by atoms with Crippen LogP contribution in [0.2, 0.25) is 0 Å². The molecule has 1 aromatic rings. The largest absolute Gasteiger partial charge is 0.409 e. The molecule has 3 N–H and O–H groups in total. The molecule has 1 unspecified atom stereocenters. The predicted molar refractivity (Wildman–Crippen MR) is 82.0 cm³/mol. The minimum atomic E-state index is 0.0441. The summed E-state index contributed by atoms with van der Waals surface area (Å²) in [5.74, 6) is 0.703. The molecule has 0 radical (unpaired) electrons. The van der Waals surface area contributed by atoms with Crippen molar-refractivity contribution in [2.45, 2.75) is 19.9 Å². The molecule has 0 spiro atoms. The van der Waals surface area contributed by atoms with Crippen molar-refractivity contribution >= 4 is 11.7 Å². The number of hydrogen-bond acceptors (Lipinski definition) is 6. The van der Waals surface area contributed by atoms with Crippen molar-refractivity contribution in [1.29, 1.82) is 0 Å². The molecule has 0 saturated carbocycles. The number of oxime groups is 1. The number of methoxy groups -OCH3 is 2. The van der Waals surface area contributed by atoms with E-state index in [2.05, 4.69) is 10.1 Å². The number of nitrogens with two attached hydrogens (primary N) is 1. The molecule has 1 heterocycles. The van der Waals surface area contributed by atoms with Gasteiger partial charge in [0.05, 0.1) is 24.8 Å². The summed E-state index contributed by atoms with van der Waals surface area (Å²) in [6.07, 6.45) is 1.71. The van der Waals surface area contributed by atoms with Gasteiger partial charge in [0.2, 0.25) is 0 Å². The number of amidine groups is 1. The lowest BCUT2D eigenvalue weighted by atomic mass is 10.1. The normalized spacial score (nSPS) is 13.2. The van der Waals surface area contributed by atoms with Crippen molar-refractivity contribution < 1.29 is 14.7 Å². The van der Waals surface area contributed by atoms with Gasteiger partial charge in [0.25, 0.3) is 0 Å². The van der Waals surface area contributed by atoms with Gasteiger partial charge in [-0.25, -0.2) is 4.98 Å². The molecule has 1 aromatic heterocycles. The van der Waals surface area contributed by atoms with Crippen LogP contribution in [0.4, 0.5) is 5.82 Å². The lowest BCUT2D eigenvalue weighted by Crippen LogP contribution is -2.40. The van der Waals surface area contributed by atoms with Gasteiger partial charge < -0.3 is 25.3 Å². The maximum atomic E-state index is 9.00. The molecule has 7 nitrogen and oxygen atoms in total. The Morgan fingerprint density at radius 2 is 2.19 bits per heavy atom. The van der Waals surface area contributed by atoms with E-state index >= 15 is 0 Å².